The van der Waals surface area contributed by atoms with Crippen LogP contribution in [0.15, 0.2) is 72.9 Å². The van der Waals surface area contributed by atoms with Gasteiger partial charge >= 0.3 is 19.8 Å². The Morgan fingerprint density at radius 3 is 1.12 bits per heavy atom. The maximum absolute atomic E-state index is 12.8. The van der Waals surface area contributed by atoms with E-state index in [0.29, 0.717) is 17.4 Å². The molecule has 0 aliphatic carbocycles. The first-order valence-electron chi connectivity index (χ1n) is 31.7. The molecular weight excluding hydrogens is 966 g/mol. The van der Waals surface area contributed by atoms with Crippen LogP contribution in [0.1, 0.15) is 284 Å². The topological polar surface area (TPSA) is 108 Å². The Morgan fingerprint density at radius 2 is 0.750 bits per heavy atom. The predicted octanol–water partition coefficient (Wildman–Crippen LogP) is 20.0. The molecule has 0 bridgehead atoms. The lowest BCUT2D eigenvalue weighted by Crippen LogP contribution is -2.37. The van der Waals surface area contributed by atoms with Crippen LogP contribution < -0.4 is 0 Å². The molecule has 0 aromatic carbocycles. The van der Waals surface area contributed by atoms with Crippen molar-refractivity contribution < 1.29 is 42.1 Å². The SMILES string of the molecule is CC/C=C\C/C=C\C/C=C\C/C=C\CCCCCCCCCCCCCCC(=O)OC(COC(=O)CCCCCCCCCCCCCCCCC/C=C\C/C=C\CCCCCCC)COP(=O)(O)OCC[N+](C)(C)C. The van der Waals surface area contributed by atoms with Crippen molar-refractivity contribution in [3.63, 3.8) is 0 Å². The molecular formula is C66H121NO8P+. The van der Waals surface area contributed by atoms with E-state index in [1.807, 2.05) is 21.1 Å². The Morgan fingerprint density at radius 1 is 0.421 bits per heavy atom. The van der Waals surface area contributed by atoms with Crippen molar-refractivity contribution in [2.75, 3.05) is 47.5 Å². The van der Waals surface area contributed by atoms with Crippen molar-refractivity contribution in [2.24, 2.45) is 0 Å². The Balaban J connectivity index is 4.10. The maximum atomic E-state index is 12.8. The predicted molar refractivity (Wildman–Crippen MR) is 326 cm³/mol. The van der Waals surface area contributed by atoms with Crippen molar-refractivity contribution in [1.29, 1.82) is 0 Å². The highest BCUT2D eigenvalue weighted by Gasteiger charge is 2.27. The molecule has 0 saturated heterocycles. The molecule has 0 heterocycles. The number of likely N-dealkylation sites (N-methyl/N-ethyl adjacent to an activating group) is 1. The number of esters is 2. The second kappa shape index (κ2) is 57.1. The van der Waals surface area contributed by atoms with Crippen molar-refractivity contribution in [2.45, 2.75) is 290 Å². The van der Waals surface area contributed by atoms with E-state index in [4.69, 9.17) is 18.5 Å². The van der Waals surface area contributed by atoms with E-state index >= 15 is 0 Å². The summed E-state index contributed by atoms with van der Waals surface area (Å²) in [5.74, 6) is -0.792. The van der Waals surface area contributed by atoms with E-state index in [0.717, 1.165) is 70.6 Å². The summed E-state index contributed by atoms with van der Waals surface area (Å²) >= 11 is 0. The van der Waals surface area contributed by atoms with Gasteiger partial charge in [-0.2, -0.15) is 0 Å². The number of unbranched alkanes of at least 4 members (excludes halogenated alkanes) is 32. The number of phosphoric acid groups is 1. The minimum Gasteiger partial charge on any atom is -0.462 e. The van der Waals surface area contributed by atoms with E-state index in [9.17, 15) is 19.0 Å². The van der Waals surface area contributed by atoms with Crippen LogP contribution in [0.3, 0.4) is 0 Å². The third kappa shape index (κ3) is 60.7. The number of hydrogen-bond donors (Lipinski definition) is 1. The minimum absolute atomic E-state index is 0.0299. The van der Waals surface area contributed by atoms with Crippen LogP contribution in [-0.4, -0.2) is 74.9 Å². The average molecular weight is 1090 g/mol. The summed E-state index contributed by atoms with van der Waals surface area (Å²) in [4.78, 5) is 35.8. The van der Waals surface area contributed by atoms with Crippen LogP contribution in [0, 0.1) is 0 Å². The van der Waals surface area contributed by atoms with Gasteiger partial charge in [0.1, 0.15) is 19.8 Å². The first-order chi connectivity index (χ1) is 37.0. The molecule has 442 valence electrons. The molecule has 2 atom stereocenters. The van der Waals surface area contributed by atoms with Gasteiger partial charge in [-0.15, -0.1) is 0 Å². The number of quaternary nitrogens is 1. The average Bonchev–Trinajstić information content (AvgIpc) is 3.38. The number of hydrogen-bond acceptors (Lipinski definition) is 7. The third-order valence-electron chi connectivity index (χ3n) is 13.7. The number of nitrogens with zero attached hydrogens (tertiary/aromatic N) is 1. The van der Waals surface area contributed by atoms with Crippen LogP contribution >= 0.6 is 7.82 Å². The summed E-state index contributed by atoms with van der Waals surface area (Å²) < 4.78 is 34.7. The molecule has 0 aromatic heterocycles. The number of allylic oxidation sites excluding steroid dienone is 12. The van der Waals surface area contributed by atoms with Crippen LogP contribution in [-0.2, 0) is 32.7 Å². The van der Waals surface area contributed by atoms with Crippen LogP contribution in [0.25, 0.3) is 0 Å². The number of rotatable bonds is 58. The second-order valence-electron chi connectivity index (χ2n) is 22.4. The molecule has 0 spiro atoms. The lowest BCUT2D eigenvalue weighted by atomic mass is 10.0. The molecule has 9 nitrogen and oxygen atoms in total. The van der Waals surface area contributed by atoms with E-state index in [2.05, 4.69) is 86.8 Å². The Labute approximate surface area is 469 Å². The largest absolute Gasteiger partial charge is 0.472 e. The number of carbonyl (C=O) groups is 2. The zero-order chi connectivity index (χ0) is 55.6. The highest BCUT2D eigenvalue weighted by molar-refractivity contribution is 7.47. The monoisotopic (exact) mass is 1090 g/mol. The highest BCUT2D eigenvalue weighted by Crippen LogP contribution is 2.43. The molecule has 0 aliphatic rings. The number of ether oxygens (including phenoxy) is 2. The molecule has 0 radical (unpaired) electrons. The lowest BCUT2D eigenvalue weighted by molar-refractivity contribution is -0.870. The molecule has 10 heteroatoms. The molecule has 0 rings (SSSR count). The van der Waals surface area contributed by atoms with Gasteiger partial charge in [-0.1, -0.05) is 260 Å². The van der Waals surface area contributed by atoms with Crippen LogP contribution in [0.2, 0.25) is 0 Å². The first-order valence-corrected chi connectivity index (χ1v) is 33.2. The van der Waals surface area contributed by atoms with E-state index in [1.54, 1.807) is 0 Å². The van der Waals surface area contributed by atoms with Crippen LogP contribution in [0.4, 0.5) is 0 Å². The zero-order valence-corrected chi connectivity index (χ0v) is 51.1. The Kier molecular flexibility index (Phi) is 55.2. The van der Waals surface area contributed by atoms with Gasteiger partial charge in [0.2, 0.25) is 0 Å². The minimum atomic E-state index is -4.39. The van der Waals surface area contributed by atoms with Crippen molar-refractivity contribution in [1.82, 2.24) is 0 Å². The van der Waals surface area contributed by atoms with Gasteiger partial charge in [0.25, 0.3) is 0 Å². The molecule has 0 fully saturated rings. The van der Waals surface area contributed by atoms with Gasteiger partial charge in [-0.05, 0) is 83.5 Å². The molecule has 0 saturated carbocycles. The second-order valence-corrected chi connectivity index (χ2v) is 23.9. The Hall–Kier alpha value is -2.55. The molecule has 0 amide bonds. The zero-order valence-electron chi connectivity index (χ0n) is 50.2. The van der Waals surface area contributed by atoms with Gasteiger partial charge in [0, 0.05) is 12.8 Å². The fourth-order valence-electron chi connectivity index (χ4n) is 8.86. The number of phosphoric ester groups is 1. The maximum Gasteiger partial charge on any atom is 0.472 e. The van der Waals surface area contributed by atoms with Crippen molar-refractivity contribution in [3.05, 3.63) is 72.9 Å². The van der Waals surface area contributed by atoms with Gasteiger partial charge in [0.15, 0.2) is 6.10 Å². The van der Waals surface area contributed by atoms with Crippen molar-refractivity contribution in [3.8, 4) is 0 Å². The standard InChI is InChI=1S/C66H120NO8P/c1-6-8-10-12-14-16-18-20-22-24-26-28-30-32-33-35-36-38-40-42-44-46-48-50-52-54-56-58-65(68)72-62-64(63-74-76(70,71)73-61-60-67(3,4)5)75-66(69)59-57-55-53-51-49-47-45-43-41-39-37-34-31-29-27-25-23-21-19-17-15-13-11-9-7-2/h9,11,15,17-18,20-21,23-24,26-27,29,64H,6-8,10,12-14,16,19,22,25,28,30-63H2,1-5H3/p+1/b11-9-,17-15-,20-18-,23-21-,26-24-,29-27-. The lowest BCUT2D eigenvalue weighted by Gasteiger charge is -2.24. The number of carbonyl (C=O) groups excluding carboxylic acids is 2. The quantitative estimate of drug-likeness (QED) is 0.0211. The third-order valence-corrected chi connectivity index (χ3v) is 14.7. The Bertz CT molecular complexity index is 1510. The normalized spacial score (nSPS) is 13.7. The van der Waals surface area contributed by atoms with E-state index in [-0.39, 0.29) is 32.0 Å². The summed E-state index contributed by atoms with van der Waals surface area (Å²) in [5.41, 5.74) is 0. The molecule has 1 N–H and O–H groups in total. The molecule has 0 aliphatic heterocycles. The summed E-state index contributed by atoms with van der Waals surface area (Å²) in [5, 5.41) is 0. The summed E-state index contributed by atoms with van der Waals surface area (Å²) in [6.07, 6.45) is 75.5. The molecule has 76 heavy (non-hydrogen) atoms. The van der Waals surface area contributed by atoms with Crippen LogP contribution in [0.5, 0.6) is 0 Å². The molecule has 0 aromatic rings. The fraction of sp³-hybridized carbons (Fsp3) is 0.788. The summed E-state index contributed by atoms with van der Waals surface area (Å²) in [7, 11) is 1.48. The summed E-state index contributed by atoms with van der Waals surface area (Å²) in [6, 6.07) is 0. The van der Waals surface area contributed by atoms with Gasteiger partial charge in [-0.25, -0.2) is 4.57 Å². The van der Waals surface area contributed by atoms with Gasteiger partial charge < -0.3 is 18.9 Å². The highest BCUT2D eigenvalue weighted by atomic mass is 31.2. The van der Waals surface area contributed by atoms with Crippen molar-refractivity contribution >= 4 is 19.8 Å². The first kappa shape index (κ1) is 73.5. The van der Waals surface area contributed by atoms with Gasteiger partial charge in [0.05, 0.1) is 27.7 Å². The fourth-order valence-corrected chi connectivity index (χ4v) is 9.60. The summed E-state index contributed by atoms with van der Waals surface area (Å²) in [6.45, 7) is 4.34. The van der Waals surface area contributed by atoms with Gasteiger partial charge in [-0.3, -0.25) is 18.6 Å². The molecule has 2 unspecified atom stereocenters. The van der Waals surface area contributed by atoms with E-state index < -0.39 is 26.5 Å². The van der Waals surface area contributed by atoms with E-state index in [1.165, 1.54) is 180 Å². The smallest absolute Gasteiger partial charge is 0.462 e.